The second-order valence-electron chi connectivity index (χ2n) is 13.5. The smallest absolute Gasteiger partial charge is 0.223 e. The molecule has 6 rings (SSSR count). The van der Waals surface area contributed by atoms with Gasteiger partial charge in [-0.15, -0.1) is 17.9 Å². The molecule has 2 atom stereocenters. The van der Waals surface area contributed by atoms with Crippen LogP contribution in [0.3, 0.4) is 0 Å². The quantitative estimate of drug-likeness (QED) is 0.179. The number of allylic oxidation sites excluding steroid dienone is 1. The summed E-state index contributed by atoms with van der Waals surface area (Å²) >= 11 is 1.95. The third-order valence-electron chi connectivity index (χ3n) is 10.5. The average molecular weight is 550 g/mol. The Bertz CT molecular complexity index is 1610. The van der Waals surface area contributed by atoms with Crippen LogP contribution in [-0.4, -0.2) is 4.98 Å². The Hall–Kier alpha value is -2.78. The number of aryl methyl sites for hydroxylation is 1. The molecule has 0 radical (unpaired) electrons. The molecule has 4 aromatic rings. The van der Waals surface area contributed by atoms with E-state index in [1.165, 1.54) is 70.0 Å². The van der Waals surface area contributed by atoms with Gasteiger partial charge in [-0.25, -0.2) is 4.57 Å². The van der Waals surface area contributed by atoms with Crippen molar-refractivity contribution in [1.82, 2.24) is 4.98 Å². The van der Waals surface area contributed by atoms with Gasteiger partial charge in [0.1, 0.15) is 11.2 Å². The van der Waals surface area contributed by atoms with E-state index in [1.54, 1.807) is 4.88 Å². The van der Waals surface area contributed by atoms with Gasteiger partial charge in [-0.3, -0.25) is 0 Å². The standard InChI is InChI=1S/C37H45N2S/c1-9-36(8)37(10-2,11-3)33-27-19-15-14-18-26(27)29(35(5,6)7)20-28(33)31-21-30(38-23-39(31)36)32-24(4)22-40-34(32)25-16-12-13-17-25/h10,14-15,18-23,25H,2,9,11-13,16-17H2,1,3-8H3/q+1. The number of thiophene rings is 1. The van der Waals surface area contributed by atoms with E-state index >= 15 is 0 Å². The molecule has 2 unspecified atom stereocenters. The first-order valence-electron chi connectivity index (χ1n) is 15.3. The number of aromatic nitrogens is 2. The van der Waals surface area contributed by atoms with Gasteiger partial charge in [-0.2, -0.15) is 0 Å². The molecule has 40 heavy (non-hydrogen) atoms. The molecule has 1 fully saturated rings. The zero-order valence-electron chi connectivity index (χ0n) is 25.5. The van der Waals surface area contributed by atoms with Crippen LogP contribution < -0.4 is 4.57 Å². The van der Waals surface area contributed by atoms with Crippen LogP contribution in [0.25, 0.3) is 33.3 Å². The van der Waals surface area contributed by atoms with E-state index in [9.17, 15) is 0 Å². The van der Waals surface area contributed by atoms with Crippen molar-refractivity contribution in [2.75, 3.05) is 0 Å². The Morgan fingerprint density at radius 1 is 1.07 bits per heavy atom. The highest BCUT2D eigenvalue weighted by Gasteiger charge is 2.56. The zero-order chi connectivity index (χ0) is 28.4. The number of benzene rings is 2. The molecule has 208 valence electrons. The summed E-state index contributed by atoms with van der Waals surface area (Å²) in [5.41, 5.74) is 8.95. The topological polar surface area (TPSA) is 16.8 Å². The van der Waals surface area contributed by atoms with E-state index in [0.29, 0.717) is 5.92 Å². The van der Waals surface area contributed by atoms with Crippen LogP contribution in [0.1, 0.15) is 108 Å². The van der Waals surface area contributed by atoms with E-state index in [4.69, 9.17) is 4.98 Å². The van der Waals surface area contributed by atoms with E-state index < -0.39 is 0 Å². The third-order valence-corrected chi connectivity index (χ3v) is 11.8. The highest BCUT2D eigenvalue weighted by molar-refractivity contribution is 7.10. The second-order valence-corrected chi connectivity index (χ2v) is 14.4. The van der Waals surface area contributed by atoms with Gasteiger partial charge in [0.05, 0.1) is 5.41 Å². The van der Waals surface area contributed by atoms with E-state index in [-0.39, 0.29) is 16.4 Å². The molecule has 1 saturated carbocycles. The van der Waals surface area contributed by atoms with E-state index in [1.807, 2.05) is 11.3 Å². The van der Waals surface area contributed by atoms with Gasteiger partial charge in [0.15, 0.2) is 5.69 Å². The molecule has 0 N–H and O–H groups in total. The second kappa shape index (κ2) is 9.65. The Morgan fingerprint density at radius 3 is 2.40 bits per heavy atom. The average Bonchev–Trinajstić information content (AvgIpc) is 3.62. The fraction of sp³-hybridized carbons (Fsp3) is 0.459. The minimum atomic E-state index is -0.221. The molecule has 2 nitrogen and oxygen atoms in total. The molecule has 0 spiro atoms. The lowest BCUT2D eigenvalue weighted by molar-refractivity contribution is -0.765. The minimum absolute atomic E-state index is 0.0173. The molecule has 2 aliphatic rings. The lowest BCUT2D eigenvalue weighted by Gasteiger charge is -2.50. The molecule has 0 saturated heterocycles. The first kappa shape index (κ1) is 27.4. The molecule has 2 aromatic heterocycles. The zero-order valence-corrected chi connectivity index (χ0v) is 26.3. The fourth-order valence-electron chi connectivity index (χ4n) is 8.11. The maximum atomic E-state index is 5.25. The summed E-state index contributed by atoms with van der Waals surface area (Å²) in [7, 11) is 0. The van der Waals surface area contributed by atoms with Gasteiger partial charge >= 0.3 is 0 Å². The van der Waals surface area contributed by atoms with Gasteiger partial charge in [0, 0.05) is 22.1 Å². The molecule has 0 bridgehead atoms. The van der Waals surface area contributed by atoms with Crippen LogP contribution in [0.5, 0.6) is 0 Å². The van der Waals surface area contributed by atoms with Crippen LogP contribution in [0.4, 0.5) is 0 Å². The van der Waals surface area contributed by atoms with Crippen molar-refractivity contribution in [2.24, 2.45) is 0 Å². The van der Waals surface area contributed by atoms with Gasteiger partial charge < -0.3 is 0 Å². The number of hydrogen-bond acceptors (Lipinski definition) is 2. The summed E-state index contributed by atoms with van der Waals surface area (Å²) in [4.78, 5) is 6.79. The summed E-state index contributed by atoms with van der Waals surface area (Å²) in [6, 6.07) is 14.0. The van der Waals surface area contributed by atoms with E-state index in [0.717, 1.165) is 18.5 Å². The highest BCUT2D eigenvalue weighted by atomic mass is 32.1. The number of fused-ring (bicyclic) bond motifs is 5. The van der Waals surface area contributed by atoms with Crippen molar-refractivity contribution in [1.29, 1.82) is 0 Å². The van der Waals surface area contributed by atoms with Crippen LogP contribution in [0.15, 0.2) is 60.8 Å². The Morgan fingerprint density at radius 2 is 1.77 bits per heavy atom. The van der Waals surface area contributed by atoms with Crippen LogP contribution >= 0.6 is 11.3 Å². The van der Waals surface area contributed by atoms with Gasteiger partial charge in [0.2, 0.25) is 0 Å². The minimum Gasteiger partial charge on any atom is -0.223 e. The normalized spacial score (nSPS) is 22.9. The third kappa shape index (κ3) is 3.73. The van der Waals surface area contributed by atoms with Crippen LogP contribution in [0, 0.1) is 6.92 Å². The maximum Gasteiger partial charge on any atom is 0.287 e. The largest absolute Gasteiger partial charge is 0.287 e. The van der Waals surface area contributed by atoms with Crippen LogP contribution in [0.2, 0.25) is 0 Å². The van der Waals surface area contributed by atoms with Gasteiger partial charge in [-0.1, -0.05) is 77.8 Å². The SMILES string of the molecule is C=CC1(CC)c2c(cc(C(C)(C)C)c3ccccc23)-c2cc(-c3c(C)csc3C3CCCC3)nc[n+]2C1(C)CC. The van der Waals surface area contributed by atoms with Crippen molar-refractivity contribution in [2.45, 2.75) is 109 Å². The lowest BCUT2D eigenvalue weighted by atomic mass is 9.58. The molecular formula is C37H45N2S+. The van der Waals surface area contributed by atoms with Gasteiger partial charge in [-0.05, 0) is 94.8 Å². The molecule has 2 aromatic carbocycles. The lowest BCUT2D eigenvalue weighted by Crippen LogP contribution is -2.68. The van der Waals surface area contributed by atoms with Gasteiger partial charge in [0.25, 0.3) is 6.33 Å². The van der Waals surface area contributed by atoms with Crippen molar-refractivity contribution in [3.8, 4) is 22.5 Å². The maximum absolute atomic E-state index is 5.25. The molecule has 1 aliphatic heterocycles. The van der Waals surface area contributed by atoms with Crippen molar-refractivity contribution in [3.05, 3.63) is 82.3 Å². The highest BCUT2D eigenvalue weighted by Crippen LogP contribution is 2.54. The number of hydrogen-bond donors (Lipinski definition) is 0. The van der Waals surface area contributed by atoms with Crippen molar-refractivity contribution >= 4 is 22.1 Å². The van der Waals surface area contributed by atoms with Crippen molar-refractivity contribution < 1.29 is 4.57 Å². The summed E-state index contributed by atoms with van der Waals surface area (Å²) in [5, 5.41) is 5.09. The molecule has 3 heterocycles. The summed E-state index contributed by atoms with van der Waals surface area (Å²) in [6.45, 7) is 20.9. The summed E-state index contributed by atoms with van der Waals surface area (Å²) < 4.78 is 2.50. The van der Waals surface area contributed by atoms with E-state index in [2.05, 4.69) is 114 Å². The Balaban J connectivity index is 1.73. The molecule has 1 aliphatic carbocycles. The monoisotopic (exact) mass is 549 g/mol. The Labute approximate surface area is 245 Å². The Kier molecular flexibility index (Phi) is 6.61. The molecule has 0 amide bonds. The molecule has 3 heteroatoms. The van der Waals surface area contributed by atoms with Crippen LogP contribution in [-0.2, 0) is 16.4 Å². The van der Waals surface area contributed by atoms with Crippen molar-refractivity contribution in [3.63, 3.8) is 0 Å². The number of nitrogens with zero attached hydrogens (tertiary/aromatic N) is 2. The summed E-state index contributed by atoms with van der Waals surface area (Å²) in [6.07, 6.45) is 11.7. The predicted molar refractivity (Wildman–Crippen MR) is 171 cm³/mol. The fourth-order valence-corrected chi connectivity index (χ4v) is 9.34. The first-order valence-corrected chi connectivity index (χ1v) is 16.2. The predicted octanol–water partition coefficient (Wildman–Crippen LogP) is 10.2. The number of rotatable bonds is 5. The summed E-state index contributed by atoms with van der Waals surface area (Å²) in [5.74, 6) is 0.678. The molecular weight excluding hydrogens is 504 g/mol. The first-order chi connectivity index (χ1) is 19.1.